The van der Waals surface area contributed by atoms with Crippen molar-refractivity contribution in [3.05, 3.63) is 22.9 Å². The van der Waals surface area contributed by atoms with Gasteiger partial charge in [0, 0.05) is 12.7 Å². The molecule has 0 unspecified atom stereocenters. The van der Waals surface area contributed by atoms with Gasteiger partial charge in [0.15, 0.2) is 0 Å². The van der Waals surface area contributed by atoms with E-state index in [9.17, 15) is 9.90 Å². The number of aryl methyl sites for hydroxylation is 3. The SMILES string of the molecule is Cn1nnnc1Sc1nc2c(cc1C(=O)O)CCCC2. The number of fused-ring (bicyclic) bond motifs is 1. The van der Waals surface area contributed by atoms with Crippen LogP contribution in [0.2, 0.25) is 0 Å². The van der Waals surface area contributed by atoms with E-state index >= 15 is 0 Å². The predicted octanol–water partition coefficient (Wildman–Crippen LogP) is 1.33. The van der Waals surface area contributed by atoms with Gasteiger partial charge < -0.3 is 5.11 Å². The number of pyridine rings is 1. The van der Waals surface area contributed by atoms with Crippen LogP contribution in [-0.2, 0) is 19.9 Å². The summed E-state index contributed by atoms with van der Waals surface area (Å²) in [6.45, 7) is 0. The average molecular weight is 291 g/mol. The smallest absolute Gasteiger partial charge is 0.338 e. The summed E-state index contributed by atoms with van der Waals surface area (Å²) < 4.78 is 1.50. The van der Waals surface area contributed by atoms with E-state index in [0.29, 0.717) is 10.2 Å². The van der Waals surface area contributed by atoms with E-state index in [1.807, 2.05) is 0 Å². The molecule has 0 saturated carbocycles. The number of aromatic nitrogens is 5. The van der Waals surface area contributed by atoms with Gasteiger partial charge in [0.2, 0.25) is 5.16 Å². The van der Waals surface area contributed by atoms with E-state index in [1.54, 1.807) is 13.1 Å². The summed E-state index contributed by atoms with van der Waals surface area (Å²) in [5.41, 5.74) is 2.27. The van der Waals surface area contributed by atoms with Crippen molar-refractivity contribution in [2.45, 2.75) is 35.9 Å². The van der Waals surface area contributed by atoms with Crippen molar-refractivity contribution >= 4 is 17.7 Å². The van der Waals surface area contributed by atoms with E-state index in [0.717, 1.165) is 36.9 Å². The molecule has 0 aromatic carbocycles. The van der Waals surface area contributed by atoms with Gasteiger partial charge in [-0.2, -0.15) is 0 Å². The summed E-state index contributed by atoms with van der Waals surface area (Å²) in [6, 6.07) is 1.75. The van der Waals surface area contributed by atoms with Crippen LogP contribution in [0.25, 0.3) is 0 Å². The van der Waals surface area contributed by atoms with Gasteiger partial charge in [-0.05, 0) is 59.5 Å². The quantitative estimate of drug-likeness (QED) is 0.911. The fourth-order valence-electron chi connectivity index (χ4n) is 2.24. The summed E-state index contributed by atoms with van der Waals surface area (Å²) in [7, 11) is 1.71. The predicted molar refractivity (Wildman–Crippen MR) is 70.8 cm³/mol. The molecule has 1 N–H and O–H groups in total. The molecule has 104 valence electrons. The molecule has 2 heterocycles. The second-order valence-electron chi connectivity index (χ2n) is 4.65. The molecule has 0 atom stereocenters. The lowest BCUT2D eigenvalue weighted by Gasteiger charge is -2.16. The summed E-state index contributed by atoms with van der Waals surface area (Å²) in [4.78, 5) is 15.9. The first-order valence-electron chi connectivity index (χ1n) is 6.31. The van der Waals surface area contributed by atoms with E-state index < -0.39 is 5.97 Å². The highest BCUT2D eigenvalue weighted by Gasteiger charge is 2.20. The van der Waals surface area contributed by atoms with Gasteiger partial charge in [-0.15, -0.1) is 5.10 Å². The third-order valence-corrected chi connectivity index (χ3v) is 4.30. The minimum Gasteiger partial charge on any atom is -0.478 e. The summed E-state index contributed by atoms with van der Waals surface area (Å²) >= 11 is 1.18. The molecule has 7 nitrogen and oxygen atoms in total. The largest absolute Gasteiger partial charge is 0.478 e. The van der Waals surface area contributed by atoms with Crippen molar-refractivity contribution in [3.8, 4) is 0 Å². The van der Waals surface area contributed by atoms with Gasteiger partial charge in [-0.3, -0.25) is 0 Å². The van der Waals surface area contributed by atoms with Crippen molar-refractivity contribution in [1.82, 2.24) is 25.2 Å². The van der Waals surface area contributed by atoms with Crippen LogP contribution in [0.3, 0.4) is 0 Å². The molecule has 2 aromatic rings. The van der Waals surface area contributed by atoms with Gasteiger partial charge >= 0.3 is 5.97 Å². The van der Waals surface area contributed by atoms with Crippen molar-refractivity contribution in [2.24, 2.45) is 7.05 Å². The summed E-state index contributed by atoms with van der Waals surface area (Å²) in [5, 5.41) is 21.5. The Hall–Kier alpha value is -1.96. The fourth-order valence-corrected chi connectivity index (χ4v) is 3.07. The maximum atomic E-state index is 11.4. The number of carboxylic acids is 1. The molecule has 8 heteroatoms. The van der Waals surface area contributed by atoms with Crippen LogP contribution in [0.15, 0.2) is 16.2 Å². The molecule has 2 aromatic heterocycles. The highest BCUT2D eigenvalue weighted by Crippen LogP contribution is 2.30. The zero-order valence-corrected chi connectivity index (χ0v) is 11.7. The fraction of sp³-hybridized carbons (Fsp3) is 0.417. The molecular formula is C12H13N5O2S. The Morgan fingerprint density at radius 1 is 1.40 bits per heavy atom. The van der Waals surface area contributed by atoms with Crippen molar-refractivity contribution in [1.29, 1.82) is 0 Å². The van der Waals surface area contributed by atoms with Gasteiger partial charge in [0.05, 0.1) is 5.56 Å². The summed E-state index contributed by atoms with van der Waals surface area (Å²) in [6.07, 6.45) is 3.99. The Morgan fingerprint density at radius 2 is 2.20 bits per heavy atom. The number of tetrazole rings is 1. The van der Waals surface area contributed by atoms with E-state index in [2.05, 4.69) is 20.5 Å². The van der Waals surface area contributed by atoms with Crippen LogP contribution in [-0.4, -0.2) is 36.3 Å². The van der Waals surface area contributed by atoms with Crippen LogP contribution in [0.5, 0.6) is 0 Å². The molecule has 0 spiro atoms. The molecule has 3 rings (SSSR count). The van der Waals surface area contributed by atoms with Crippen LogP contribution < -0.4 is 0 Å². The third-order valence-electron chi connectivity index (χ3n) is 3.27. The Morgan fingerprint density at radius 3 is 2.90 bits per heavy atom. The highest BCUT2D eigenvalue weighted by molar-refractivity contribution is 7.99. The molecular weight excluding hydrogens is 278 g/mol. The molecule has 1 aliphatic rings. The molecule has 1 aliphatic carbocycles. The standard InChI is InChI=1S/C12H13N5O2S/c1-17-12(14-15-16-17)20-10-8(11(18)19)6-7-4-2-3-5-9(7)13-10/h6H,2-5H2,1H3,(H,18,19). The molecule has 0 bridgehead atoms. The highest BCUT2D eigenvalue weighted by atomic mass is 32.2. The van der Waals surface area contributed by atoms with Crippen molar-refractivity contribution in [3.63, 3.8) is 0 Å². The van der Waals surface area contributed by atoms with Crippen molar-refractivity contribution < 1.29 is 9.90 Å². The van der Waals surface area contributed by atoms with E-state index in [-0.39, 0.29) is 5.56 Å². The first-order valence-corrected chi connectivity index (χ1v) is 7.13. The minimum atomic E-state index is -0.969. The number of nitrogens with zero attached hydrogens (tertiary/aromatic N) is 5. The van der Waals surface area contributed by atoms with E-state index in [1.165, 1.54) is 16.4 Å². The van der Waals surface area contributed by atoms with Gasteiger partial charge in [-0.1, -0.05) is 0 Å². The number of aromatic carboxylic acids is 1. The second-order valence-corrected chi connectivity index (χ2v) is 5.60. The molecule has 20 heavy (non-hydrogen) atoms. The van der Waals surface area contributed by atoms with Crippen LogP contribution in [0.4, 0.5) is 0 Å². The Kier molecular flexibility index (Phi) is 3.39. The number of carbonyl (C=O) groups is 1. The number of hydrogen-bond donors (Lipinski definition) is 1. The lowest BCUT2D eigenvalue weighted by Crippen LogP contribution is -2.11. The lowest BCUT2D eigenvalue weighted by molar-refractivity contribution is 0.0692. The maximum absolute atomic E-state index is 11.4. The number of rotatable bonds is 3. The zero-order valence-electron chi connectivity index (χ0n) is 10.9. The van der Waals surface area contributed by atoms with Gasteiger partial charge in [0.1, 0.15) is 5.03 Å². The topological polar surface area (TPSA) is 93.8 Å². The maximum Gasteiger partial charge on any atom is 0.338 e. The third kappa shape index (κ3) is 2.38. The van der Waals surface area contributed by atoms with Crippen molar-refractivity contribution in [2.75, 3.05) is 0 Å². The minimum absolute atomic E-state index is 0.221. The monoisotopic (exact) mass is 291 g/mol. The molecule has 0 saturated heterocycles. The first-order chi connectivity index (χ1) is 9.65. The molecule has 0 amide bonds. The number of carboxylic acid groups (broad SMARTS) is 1. The molecule has 0 fully saturated rings. The number of hydrogen-bond acceptors (Lipinski definition) is 6. The van der Waals surface area contributed by atoms with Crippen LogP contribution in [0.1, 0.15) is 34.5 Å². The molecule has 0 radical (unpaired) electrons. The summed E-state index contributed by atoms with van der Waals surface area (Å²) in [5.74, 6) is -0.969. The lowest BCUT2D eigenvalue weighted by atomic mass is 9.95. The Bertz CT molecular complexity index is 670. The molecule has 0 aliphatic heterocycles. The average Bonchev–Trinajstić information content (AvgIpc) is 2.83. The van der Waals surface area contributed by atoms with Gasteiger partial charge in [-0.25, -0.2) is 14.5 Å². The first kappa shape index (κ1) is 13.0. The van der Waals surface area contributed by atoms with Crippen LogP contribution in [0, 0.1) is 0 Å². The zero-order chi connectivity index (χ0) is 14.1. The van der Waals surface area contributed by atoms with Gasteiger partial charge in [0.25, 0.3) is 0 Å². The Balaban J connectivity index is 2.04. The second kappa shape index (κ2) is 5.20. The normalized spacial score (nSPS) is 14.1. The van der Waals surface area contributed by atoms with Crippen LogP contribution >= 0.6 is 11.8 Å². The Labute approximate surface area is 119 Å². The van der Waals surface area contributed by atoms with E-state index in [4.69, 9.17) is 0 Å².